The van der Waals surface area contributed by atoms with Crippen LogP contribution in [0.2, 0.25) is 20.1 Å². The third-order valence-electron chi connectivity index (χ3n) is 5.93. The molecule has 0 aromatic heterocycles. The summed E-state index contributed by atoms with van der Waals surface area (Å²) in [6, 6.07) is 8.35. The van der Waals surface area contributed by atoms with Crippen LogP contribution in [0.15, 0.2) is 46.6 Å². The normalized spacial score (nSPS) is 21.1. The molecule has 41 heavy (non-hydrogen) atoms. The average Bonchev–Trinajstić information content (AvgIpc) is 3.38. The molecule has 0 fully saturated rings. The van der Waals surface area contributed by atoms with Gasteiger partial charge >= 0.3 is 11.9 Å². The summed E-state index contributed by atoms with van der Waals surface area (Å²) >= 11 is 38.3. The Bertz CT molecular complexity index is 1520. The summed E-state index contributed by atoms with van der Waals surface area (Å²) in [7, 11) is 0. The molecule has 0 radical (unpaired) electrons. The van der Waals surface area contributed by atoms with Gasteiger partial charge in [0.25, 0.3) is 11.8 Å². The van der Waals surface area contributed by atoms with Gasteiger partial charge in [-0.2, -0.15) is 20.2 Å². The lowest BCUT2D eigenvalue weighted by Gasteiger charge is -2.30. The molecule has 2 aromatic rings. The maximum atomic E-state index is 13.9. The van der Waals surface area contributed by atoms with E-state index in [2.05, 4.69) is 10.2 Å². The van der Waals surface area contributed by atoms with Crippen molar-refractivity contribution in [3.05, 3.63) is 56.5 Å². The van der Waals surface area contributed by atoms with Crippen molar-refractivity contribution < 1.29 is 28.7 Å². The molecule has 0 unspecified atom stereocenters. The summed E-state index contributed by atoms with van der Waals surface area (Å²) < 4.78 is 10.2. The minimum atomic E-state index is -2.54. The van der Waals surface area contributed by atoms with Crippen LogP contribution in [-0.2, 0) is 28.7 Å². The predicted molar refractivity (Wildman–Crippen MR) is 158 cm³/mol. The summed E-state index contributed by atoms with van der Waals surface area (Å²) in [5.41, 5.74) is -1.05. The molecule has 0 N–H and O–H groups in total. The third kappa shape index (κ3) is 5.61. The average molecular weight is 683 g/mol. The van der Waals surface area contributed by atoms with Gasteiger partial charge in [-0.1, -0.05) is 58.0 Å². The molecule has 0 spiro atoms. The van der Waals surface area contributed by atoms with Crippen molar-refractivity contribution in [1.29, 1.82) is 0 Å². The van der Waals surface area contributed by atoms with E-state index in [-0.39, 0.29) is 44.7 Å². The van der Waals surface area contributed by atoms with E-state index in [1.165, 1.54) is 43.3 Å². The van der Waals surface area contributed by atoms with Gasteiger partial charge < -0.3 is 9.47 Å². The van der Waals surface area contributed by atoms with E-state index >= 15 is 0 Å². The zero-order valence-electron chi connectivity index (χ0n) is 21.0. The van der Waals surface area contributed by atoms with Gasteiger partial charge in [0.15, 0.2) is 16.3 Å². The Kier molecular flexibility index (Phi) is 9.42. The number of halogens is 6. The molecule has 2 aliphatic rings. The highest BCUT2D eigenvalue weighted by Gasteiger charge is 2.64. The highest BCUT2D eigenvalue weighted by Crippen LogP contribution is 2.44. The van der Waals surface area contributed by atoms with Crippen LogP contribution >= 0.6 is 69.6 Å². The lowest BCUT2D eigenvalue weighted by atomic mass is 9.85. The number of hydrogen-bond acceptors (Lipinski definition) is 8. The van der Waals surface area contributed by atoms with Crippen molar-refractivity contribution in [1.82, 2.24) is 0 Å². The van der Waals surface area contributed by atoms with Gasteiger partial charge in [-0.15, -0.1) is 11.6 Å². The molecular weight excluding hydrogens is 665 g/mol. The van der Waals surface area contributed by atoms with E-state index < -0.39 is 51.3 Å². The van der Waals surface area contributed by atoms with E-state index in [0.29, 0.717) is 0 Å². The fourth-order valence-corrected chi connectivity index (χ4v) is 5.81. The first-order valence-corrected chi connectivity index (χ1v) is 14.1. The molecule has 216 valence electrons. The molecule has 2 aliphatic heterocycles. The number of alkyl halides is 2. The summed E-state index contributed by atoms with van der Waals surface area (Å²) in [4.78, 5) is 51.2. The molecule has 10 nitrogen and oxygen atoms in total. The second-order valence-electron chi connectivity index (χ2n) is 8.42. The molecule has 0 bridgehead atoms. The van der Waals surface area contributed by atoms with Crippen LogP contribution in [0.3, 0.4) is 0 Å². The number of amides is 2. The van der Waals surface area contributed by atoms with Crippen LogP contribution in [0.1, 0.15) is 13.8 Å². The Morgan fingerprint density at radius 1 is 0.878 bits per heavy atom. The van der Waals surface area contributed by atoms with Crippen LogP contribution < -0.4 is 10.0 Å². The number of hydrazone groups is 2. The minimum Gasteiger partial charge on any atom is -0.461 e. The van der Waals surface area contributed by atoms with E-state index in [1.807, 2.05) is 0 Å². The number of carbonyl (C=O) groups excluding carboxylic acids is 4. The summed E-state index contributed by atoms with van der Waals surface area (Å²) in [5, 5.41) is 8.52. The van der Waals surface area contributed by atoms with Crippen LogP contribution in [0.5, 0.6) is 0 Å². The maximum Gasteiger partial charge on any atom is 0.357 e. The van der Waals surface area contributed by atoms with Crippen LogP contribution in [0, 0.1) is 5.92 Å². The van der Waals surface area contributed by atoms with Crippen LogP contribution in [0.25, 0.3) is 0 Å². The molecule has 4 rings (SSSR count). The van der Waals surface area contributed by atoms with Crippen molar-refractivity contribution in [2.45, 2.75) is 24.1 Å². The Labute approximate surface area is 263 Å². The highest BCUT2D eigenvalue weighted by molar-refractivity contribution is 6.66. The van der Waals surface area contributed by atoms with Gasteiger partial charge in [0.2, 0.25) is 0 Å². The number of rotatable bonds is 8. The second kappa shape index (κ2) is 12.3. The zero-order chi connectivity index (χ0) is 30.2. The van der Waals surface area contributed by atoms with Crippen LogP contribution in [-0.4, -0.2) is 58.6 Å². The fourth-order valence-electron chi connectivity index (χ4n) is 4.09. The second-order valence-corrected chi connectivity index (χ2v) is 11.2. The molecule has 3 atom stereocenters. The molecule has 16 heteroatoms. The van der Waals surface area contributed by atoms with E-state index in [1.54, 1.807) is 6.92 Å². The molecule has 2 amide bonds. The lowest BCUT2D eigenvalue weighted by Crippen LogP contribution is -2.56. The number of hydrogen-bond donors (Lipinski definition) is 0. The van der Waals surface area contributed by atoms with Crippen molar-refractivity contribution in [3.63, 3.8) is 0 Å². The van der Waals surface area contributed by atoms with Gasteiger partial charge in [-0.05, 0) is 50.2 Å². The van der Waals surface area contributed by atoms with E-state index in [4.69, 9.17) is 79.1 Å². The van der Waals surface area contributed by atoms with Gasteiger partial charge in [-0.25, -0.2) is 9.59 Å². The van der Waals surface area contributed by atoms with Crippen molar-refractivity contribution in [2.24, 2.45) is 16.1 Å². The monoisotopic (exact) mass is 680 g/mol. The maximum absolute atomic E-state index is 13.9. The van der Waals surface area contributed by atoms with Gasteiger partial charge in [0.05, 0.1) is 40.0 Å². The predicted octanol–water partition coefficient (Wildman–Crippen LogP) is 5.73. The van der Waals surface area contributed by atoms with Gasteiger partial charge in [0, 0.05) is 10.0 Å². The molecular formula is C25H18Cl6N4O6. The quantitative estimate of drug-likeness (QED) is 0.259. The summed E-state index contributed by atoms with van der Waals surface area (Å²) in [6.07, 6.45) is 0. The van der Waals surface area contributed by atoms with Crippen LogP contribution in [0.4, 0.5) is 11.4 Å². The Balaban J connectivity index is 1.83. The first-order chi connectivity index (χ1) is 19.4. The summed E-state index contributed by atoms with van der Waals surface area (Å²) in [6.45, 7) is 2.89. The van der Waals surface area contributed by atoms with E-state index in [0.717, 1.165) is 10.0 Å². The molecule has 2 heterocycles. The highest BCUT2D eigenvalue weighted by atomic mass is 35.5. The minimum absolute atomic E-state index is 0.000814. The topological polar surface area (TPSA) is 118 Å². The van der Waals surface area contributed by atoms with Crippen molar-refractivity contribution in [2.75, 3.05) is 23.2 Å². The zero-order valence-corrected chi connectivity index (χ0v) is 25.6. The Morgan fingerprint density at radius 2 is 1.39 bits per heavy atom. The summed E-state index contributed by atoms with van der Waals surface area (Å²) in [5.74, 6) is -5.75. The molecule has 0 saturated heterocycles. The first kappa shape index (κ1) is 31.3. The van der Waals surface area contributed by atoms with E-state index in [9.17, 15) is 19.2 Å². The molecule has 2 aromatic carbocycles. The van der Waals surface area contributed by atoms with Crippen molar-refractivity contribution in [3.8, 4) is 0 Å². The number of ether oxygens (including phenoxy) is 2. The molecule has 0 saturated carbocycles. The largest absolute Gasteiger partial charge is 0.461 e. The fraction of sp³-hybridized carbons (Fsp3) is 0.280. The Hall–Kier alpha value is -2.60. The standard InChI is InChI=1S/C25H18Cl6N4O6/c1-3-40-22(37)18-17(21(36)34(32-18)15-7-5-11(26)9-13(15)28)19(30)25(31)20(23(38)41-4-2)33-35(24(25)39)16-8-6-12(27)10-14(16)29/h5-10,17,19H,3-4H2,1-2H3/t17-,19+,25-/m0/s1. The van der Waals surface area contributed by atoms with Gasteiger partial charge in [-0.3, -0.25) is 9.59 Å². The molecule has 0 aliphatic carbocycles. The number of esters is 2. The lowest BCUT2D eigenvalue weighted by molar-refractivity contribution is -0.136. The first-order valence-electron chi connectivity index (χ1n) is 11.8. The van der Waals surface area contributed by atoms with Gasteiger partial charge in [0.1, 0.15) is 5.92 Å². The number of benzene rings is 2. The third-order valence-corrected chi connectivity index (χ3v) is 8.27. The number of carbonyl (C=O) groups is 4. The smallest absolute Gasteiger partial charge is 0.357 e. The van der Waals surface area contributed by atoms with Crippen molar-refractivity contribution >= 4 is 116 Å². The SMILES string of the molecule is CCOC(=O)C1=NN(c2ccc(Cl)cc2Cl)C(=O)[C@@H]1[C@@H](Cl)[C@@]1(Cl)C(=O)N(c2ccc(Cl)cc2Cl)N=C1C(=O)OCC. The Morgan fingerprint density at radius 3 is 1.90 bits per heavy atom. The number of nitrogens with zero attached hydrogens (tertiary/aromatic N) is 4. The number of anilines is 2.